The Hall–Kier alpha value is -2.29. The summed E-state index contributed by atoms with van der Waals surface area (Å²) in [5, 5.41) is 2.82. The van der Waals surface area contributed by atoms with Crippen LogP contribution >= 0.6 is 0 Å². The van der Waals surface area contributed by atoms with Gasteiger partial charge in [0.25, 0.3) is 5.91 Å². The topological polar surface area (TPSA) is 42.2 Å². The maximum Gasteiger partial charge on any atom is 0.256 e. The normalized spacial score (nSPS) is 16.2. The maximum absolute atomic E-state index is 11.7. The van der Waals surface area contributed by atoms with Crippen LogP contribution in [0.3, 0.4) is 0 Å². The van der Waals surface area contributed by atoms with E-state index in [1.54, 1.807) is 12.5 Å². The zero-order valence-corrected chi connectivity index (χ0v) is 8.44. The molecule has 0 saturated carbocycles. The van der Waals surface area contributed by atoms with Gasteiger partial charge < -0.3 is 9.73 Å². The first-order valence-electron chi connectivity index (χ1n) is 4.99. The molecule has 1 aromatic heterocycles. The predicted octanol–water partition coefficient (Wildman–Crippen LogP) is 2.77. The van der Waals surface area contributed by atoms with Crippen molar-refractivity contribution in [2.75, 3.05) is 5.32 Å². The van der Waals surface area contributed by atoms with Crippen LogP contribution in [-0.4, -0.2) is 5.91 Å². The highest BCUT2D eigenvalue weighted by molar-refractivity contribution is 6.34. The summed E-state index contributed by atoms with van der Waals surface area (Å²) in [7, 11) is 0. The van der Waals surface area contributed by atoms with Crippen LogP contribution in [-0.2, 0) is 4.79 Å². The van der Waals surface area contributed by atoms with Gasteiger partial charge in [-0.05, 0) is 18.2 Å². The van der Waals surface area contributed by atoms with E-state index < -0.39 is 0 Å². The van der Waals surface area contributed by atoms with Crippen molar-refractivity contribution in [1.82, 2.24) is 0 Å². The van der Waals surface area contributed by atoms with Crippen LogP contribution in [0.2, 0.25) is 0 Å². The van der Waals surface area contributed by atoms with Crippen LogP contribution in [0.15, 0.2) is 47.3 Å². The molecule has 1 aliphatic heterocycles. The number of benzene rings is 1. The number of carbonyl (C=O) groups is 1. The summed E-state index contributed by atoms with van der Waals surface area (Å²) in [6, 6.07) is 9.46. The first-order chi connectivity index (χ1) is 7.84. The lowest BCUT2D eigenvalue weighted by molar-refractivity contribution is -0.110. The molecular weight excluding hydrogens is 202 g/mol. The molecule has 1 amide bonds. The molecule has 3 nitrogen and oxygen atoms in total. The van der Waals surface area contributed by atoms with Gasteiger partial charge in [0.15, 0.2) is 0 Å². The number of amides is 1. The third kappa shape index (κ3) is 1.34. The van der Waals surface area contributed by atoms with Crippen molar-refractivity contribution in [2.24, 2.45) is 0 Å². The minimum Gasteiger partial charge on any atom is -0.472 e. The molecule has 0 spiro atoms. The quantitative estimate of drug-likeness (QED) is 0.737. The number of hydrogen-bond donors (Lipinski definition) is 1. The average molecular weight is 211 g/mol. The average Bonchev–Trinajstić information content (AvgIpc) is 2.89. The van der Waals surface area contributed by atoms with Crippen molar-refractivity contribution in [2.45, 2.75) is 0 Å². The van der Waals surface area contributed by atoms with Crippen LogP contribution in [0.25, 0.3) is 11.6 Å². The monoisotopic (exact) mass is 211 g/mol. The van der Waals surface area contributed by atoms with Gasteiger partial charge in [0.2, 0.25) is 0 Å². The first kappa shape index (κ1) is 8.97. The molecule has 1 aliphatic rings. The molecule has 0 atom stereocenters. The fourth-order valence-electron chi connectivity index (χ4n) is 1.81. The molecule has 78 valence electrons. The van der Waals surface area contributed by atoms with Crippen LogP contribution in [0.1, 0.15) is 11.1 Å². The fourth-order valence-corrected chi connectivity index (χ4v) is 1.81. The summed E-state index contributed by atoms with van der Waals surface area (Å²) in [6.45, 7) is 0. The molecule has 2 aromatic rings. The van der Waals surface area contributed by atoms with Crippen molar-refractivity contribution >= 4 is 23.2 Å². The number of anilines is 1. The Kier molecular flexibility index (Phi) is 1.90. The number of carbonyl (C=O) groups excluding carboxylic acids is 1. The predicted molar refractivity (Wildman–Crippen MR) is 61.7 cm³/mol. The molecule has 16 heavy (non-hydrogen) atoms. The number of nitrogens with one attached hydrogen (secondary N) is 1. The molecule has 3 rings (SSSR count). The summed E-state index contributed by atoms with van der Waals surface area (Å²) in [6.07, 6.45) is 5.02. The van der Waals surface area contributed by atoms with Crippen LogP contribution in [0.4, 0.5) is 5.69 Å². The molecule has 1 N–H and O–H groups in total. The van der Waals surface area contributed by atoms with Crippen LogP contribution in [0.5, 0.6) is 0 Å². The summed E-state index contributed by atoms with van der Waals surface area (Å²) < 4.78 is 4.97. The Balaban J connectivity index is 2.12. The second-order valence-electron chi connectivity index (χ2n) is 3.61. The fraction of sp³-hybridized carbons (Fsp3) is 0. The highest BCUT2D eigenvalue weighted by Crippen LogP contribution is 2.32. The third-order valence-corrected chi connectivity index (χ3v) is 2.56. The number of fused-ring (bicyclic) bond motifs is 1. The largest absolute Gasteiger partial charge is 0.472 e. The van der Waals surface area contributed by atoms with E-state index in [-0.39, 0.29) is 5.91 Å². The highest BCUT2D eigenvalue weighted by Gasteiger charge is 2.23. The van der Waals surface area contributed by atoms with Crippen molar-refractivity contribution in [3.05, 3.63) is 54.0 Å². The molecule has 3 heteroatoms. The van der Waals surface area contributed by atoms with Crippen molar-refractivity contribution < 1.29 is 9.21 Å². The Morgan fingerprint density at radius 2 is 2.06 bits per heavy atom. The number of furan rings is 1. The minimum atomic E-state index is -0.0672. The van der Waals surface area contributed by atoms with E-state index in [9.17, 15) is 4.79 Å². The smallest absolute Gasteiger partial charge is 0.256 e. The molecule has 0 unspecified atom stereocenters. The molecular formula is C13H9NO2. The van der Waals surface area contributed by atoms with E-state index in [4.69, 9.17) is 4.42 Å². The first-order valence-corrected chi connectivity index (χ1v) is 4.99. The Morgan fingerprint density at radius 1 is 1.19 bits per heavy atom. The van der Waals surface area contributed by atoms with E-state index in [2.05, 4.69) is 5.32 Å². The minimum absolute atomic E-state index is 0.0672. The summed E-state index contributed by atoms with van der Waals surface area (Å²) in [5.74, 6) is -0.0672. The van der Waals surface area contributed by atoms with Gasteiger partial charge in [-0.25, -0.2) is 0 Å². The molecule has 0 fully saturated rings. The number of para-hydroxylation sites is 1. The van der Waals surface area contributed by atoms with E-state index in [0.29, 0.717) is 5.57 Å². The van der Waals surface area contributed by atoms with E-state index in [1.165, 1.54) is 0 Å². The summed E-state index contributed by atoms with van der Waals surface area (Å²) in [4.78, 5) is 11.7. The van der Waals surface area contributed by atoms with E-state index in [1.807, 2.05) is 36.4 Å². The lowest BCUT2D eigenvalue weighted by atomic mass is 10.1. The number of rotatable bonds is 1. The Morgan fingerprint density at radius 3 is 2.88 bits per heavy atom. The van der Waals surface area contributed by atoms with Crippen molar-refractivity contribution in [3.63, 3.8) is 0 Å². The van der Waals surface area contributed by atoms with Gasteiger partial charge in [-0.15, -0.1) is 0 Å². The molecule has 0 saturated heterocycles. The van der Waals surface area contributed by atoms with Gasteiger partial charge in [0.05, 0.1) is 12.5 Å². The van der Waals surface area contributed by atoms with Crippen LogP contribution in [0, 0.1) is 0 Å². The van der Waals surface area contributed by atoms with Crippen LogP contribution < -0.4 is 5.32 Å². The number of hydrogen-bond acceptors (Lipinski definition) is 2. The summed E-state index contributed by atoms with van der Waals surface area (Å²) in [5.41, 5.74) is 3.37. The lowest BCUT2D eigenvalue weighted by Gasteiger charge is -1.95. The molecule has 0 radical (unpaired) electrons. The second-order valence-corrected chi connectivity index (χ2v) is 3.61. The Bertz CT molecular complexity index is 567. The molecule has 0 bridgehead atoms. The van der Waals surface area contributed by atoms with E-state index in [0.717, 1.165) is 16.8 Å². The third-order valence-electron chi connectivity index (χ3n) is 2.56. The summed E-state index contributed by atoms with van der Waals surface area (Å²) >= 11 is 0. The zero-order chi connectivity index (χ0) is 11.0. The van der Waals surface area contributed by atoms with Crippen molar-refractivity contribution in [1.29, 1.82) is 0 Å². The van der Waals surface area contributed by atoms with E-state index >= 15 is 0 Å². The van der Waals surface area contributed by atoms with Gasteiger partial charge in [-0.2, -0.15) is 0 Å². The van der Waals surface area contributed by atoms with Gasteiger partial charge in [-0.3, -0.25) is 4.79 Å². The molecule has 0 aliphatic carbocycles. The standard InChI is InChI=1S/C13H9NO2/c15-13-11(7-9-5-6-16-8-9)10-3-1-2-4-12(10)14-13/h1-8H,(H,14,15)/b11-7-. The highest BCUT2D eigenvalue weighted by atomic mass is 16.3. The van der Waals surface area contributed by atoms with Gasteiger partial charge in [0, 0.05) is 22.4 Å². The van der Waals surface area contributed by atoms with Gasteiger partial charge in [-0.1, -0.05) is 18.2 Å². The molecule has 1 aromatic carbocycles. The second kappa shape index (κ2) is 3.38. The SMILES string of the molecule is O=C1Nc2ccccc2/C1=C/c1ccoc1. The van der Waals surface area contributed by atoms with Crippen molar-refractivity contribution in [3.8, 4) is 0 Å². The lowest BCUT2D eigenvalue weighted by Crippen LogP contribution is -2.03. The van der Waals surface area contributed by atoms with Gasteiger partial charge >= 0.3 is 0 Å². The zero-order valence-electron chi connectivity index (χ0n) is 8.44. The molecule has 2 heterocycles. The Labute approximate surface area is 92.4 Å². The maximum atomic E-state index is 11.7. The van der Waals surface area contributed by atoms with Gasteiger partial charge in [0.1, 0.15) is 0 Å².